The number of methoxy groups -OCH3 is 2. The summed E-state index contributed by atoms with van der Waals surface area (Å²) in [6, 6.07) is 7.42. The first kappa shape index (κ1) is 19.2. The summed E-state index contributed by atoms with van der Waals surface area (Å²) in [7, 11) is 3.20. The first-order valence-corrected chi connectivity index (χ1v) is 8.45. The highest BCUT2D eigenvalue weighted by molar-refractivity contribution is 5.96. The van der Waals surface area contributed by atoms with Gasteiger partial charge < -0.3 is 24.6 Å². The third-order valence-electron chi connectivity index (χ3n) is 4.22. The van der Waals surface area contributed by atoms with Crippen LogP contribution in [0.25, 0.3) is 0 Å². The van der Waals surface area contributed by atoms with Crippen LogP contribution in [0.4, 0.5) is 10.5 Å². The Labute approximate surface area is 148 Å². The van der Waals surface area contributed by atoms with E-state index in [2.05, 4.69) is 5.32 Å². The summed E-state index contributed by atoms with van der Waals surface area (Å²) >= 11 is 0. The molecule has 1 saturated heterocycles. The molecule has 1 aromatic carbocycles. The molecule has 0 unspecified atom stereocenters. The van der Waals surface area contributed by atoms with Gasteiger partial charge in [0.25, 0.3) is 0 Å². The van der Waals surface area contributed by atoms with Crippen LogP contribution in [-0.2, 0) is 14.3 Å². The molecule has 2 rings (SSSR count). The number of urea groups is 1. The Morgan fingerprint density at radius 1 is 1.20 bits per heavy atom. The van der Waals surface area contributed by atoms with Crippen molar-refractivity contribution in [1.29, 1.82) is 0 Å². The number of ether oxygens (including phenoxy) is 2. The van der Waals surface area contributed by atoms with Crippen LogP contribution < -0.4 is 10.2 Å². The van der Waals surface area contributed by atoms with E-state index in [0.29, 0.717) is 39.3 Å². The Morgan fingerprint density at radius 3 is 2.36 bits per heavy atom. The molecule has 0 spiro atoms. The van der Waals surface area contributed by atoms with Crippen molar-refractivity contribution in [2.45, 2.75) is 19.4 Å². The molecule has 7 nitrogen and oxygen atoms in total. The second-order valence-corrected chi connectivity index (χ2v) is 6.16. The number of carbonyl (C=O) groups excluding carboxylic acids is 2. The fourth-order valence-electron chi connectivity index (χ4n) is 2.76. The highest BCUT2D eigenvalue weighted by Crippen LogP contribution is 2.22. The molecule has 7 heteroatoms. The molecule has 1 aliphatic heterocycles. The highest BCUT2D eigenvalue weighted by Gasteiger charge is 2.32. The Hall–Kier alpha value is -2.12. The van der Waals surface area contributed by atoms with Crippen LogP contribution in [-0.4, -0.2) is 69.9 Å². The number of amides is 3. The van der Waals surface area contributed by atoms with E-state index in [9.17, 15) is 9.59 Å². The molecule has 0 bridgehead atoms. The molecule has 25 heavy (non-hydrogen) atoms. The maximum atomic E-state index is 12.5. The van der Waals surface area contributed by atoms with Gasteiger partial charge in [0.15, 0.2) is 0 Å². The fourth-order valence-corrected chi connectivity index (χ4v) is 2.76. The van der Waals surface area contributed by atoms with Crippen molar-refractivity contribution < 1.29 is 19.1 Å². The number of nitrogens with one attached hydrogen (secondary N) is 1. The lowest BCUT2D eigenvalue weighted by molar-refractivity contribution is -0.117. The number of rotatable bonds is 8. The van der Waals surface area contributed by atoms with E-state index in [4.69, 9.17) is 9.47 Å². The van der Waals surface area contributed by atoms with E-state index in [1.807, 2.05) is 31.2 Å². The van der Waals surface area contributed by atoms with E-state index in [-0.39, 0.29) is 18.0 Å². The SMILES string of the molecule is COCCN(CCOC)C(=O)N[C@@H]1CC(=O)N(c2ccc(C)cc2)C1. The number of hydrogen-bond acceptors (Lipinski definition) is 4. The topological polar surface area (TPSA) is 71.1 Å². The molecular weight excluding hydrogens is 322 g/mol. The Balaban J connectivity index is 1.94. The lowest BCUT2D eigenvalue weighted by Crippen LogP contribution is -2.47. The second kappa shape index (κ2) is 9.39. The van der Waals surface area contributed by atoms with Crippen molar-refractivity contribution in [3.8, 4) is 0 Å². The molecule has 0 aromatic heterocycles. The van der Waals surface area contributed by atoms with Gasteiger partial charge in [0.1, 0.15) is 0 Å². The van der Waals surface area contributed by atoms with Crippen molar-refractivity contribution in [3.05, 3.63) is 29.8 Å². The van der Waals surface area contributed by atoms with Crippen LogP contribution in [0.3, 0.4) is 0 Å². The summed E-state index contributed by atoms with van der Waals surface area (Å²) in [5.41, 5.74) is 2.01. The average molecular weight is 349 g/mol. The van der Waals surface area contributed by atoms with E-state index < -0.39 is 0 Å². The number of benzene rings is 1. The van der Waals surface area contributed by atoms with Gasteiger partial charge >= 0.3 is 6.03 Å². The molecule has 1 heterocycles. The van der Waals surface area contributed by atoms with E-state index in [0.717, 1.165) is 11.3 Å². The van der Waals surface area contributed by atoms with Gasteiger partial charge in [-0.15, -0.1) is 0 Å². The minimum atomic E-state index is -0.200. The van der Waals surface area contributed by atoms with Crippen LogP contribution >= 0.6 is 0 Å². The normalized spacial score (nSPS) is 17.0. The van der Waals surface area contributed by atoms with Crippen molar-refractivity contribution in [3.63, 3.8) is 0 Å². The van der Waals surface area contributed by atoms with Gasteiger partial charge in [-0.1, -0.05) is 17.7 Å². The standard InChI is InChI=1S/C18H27N3O4/c1-14-4-6-16(7-5-14)21-13-15(12-17(21)22)19-18(23)20(8-10-24-2)9-11-25-3/h4-7,15H,8-13H2,1-3H3,(H,19,23)/t15-/m1/s1. The summed E-state index contributed by atoms with van der Waals surface area (Å²) in [5, 5.41) is 2.95. The van der Waals surface area contributed by atoms with Crippen LogP contribution in [0, 0.1) is 6.92 Å². The maximum Gasteiger partial charge on any atom is 0.317 e. The maximum absolute atomic E-state index is 12.5. The lowest BCUT2D eigenvalue weighted by Gasteiger charge is -2.24. The Morgan fingerprint density at radius 2 is 1.80 bits per heavy atom. The van der Waals surface area contributed by atoms with Gasteiger partial charge in [0.05, 0.1) is 19.3 Å². The summed E-state index contributed by atoms with van der Waals surface area (Å²) in [6.45, 7) is 4.36. The zero-order chi connectivity index (χ0) is 18.2. The van der Waals surface area contributed by atoms with Gasteiger partial charge in [-0.05, 0) is 19.1 Å². The van der Waals surface area contributed by atoms with Crippen LogP contribution in [0.15, 0.2) is 24.3 Å². The number of hydrogen-bond donors (Lipinski definition) is 1. The molecule has 0 aliphatic carbocycles. The monoisotopic (exact) mass is 349 g/mol. The molecule has 1 N–H and O–H groups in total. The molecule has 1 aliphatic rings. The predicted molar refractivity (Wildman–Crippen MR) is 95.8 cm³/mol. The van der Waals surface area contributed by atoms with Crippen molar-refractivity contribution in [1.82, 2.24) is 10.2 Å². The molecule has 1 fully saturated rings. The number of nitrogens with zero attached hydrogens (tertiary/aromatic N) is 2. The third-order valence-corrected chi connectivity index (χ3v) is 4.22. The first-order chi connectivity index (χ1) is 12.0. The first-order valence-electron chi connectivity index (χ1n) is 8.45. The molecule has 1 aromatic rings. The van der Waals surface area contributed by atoms with E-state index in [1.165, 1.54) is 0 Å². The molecule has 138 valence electrons. The third kappa shape index (κ3) is 5.44. The lowest BCUT2D eigenvalue weighted by atomic mass is 10.2. The van der Waals surface area contributed by atoms with Gasteiger partial charge in [0.2, 0.25) is 5.91 Å². The highest BCUT2D eigenvalue weighted by atomic mass is 16.5. The van der Waals surface area contributed by atoms with Gasteiger partial charge in [-0.3, -0.25) is 4.79 Å². The van der Waals surface area contributed by atoms with Crippen LogP contribution in [0.1, 0.15) is 12.0 Å². The van der Waals surface area contributed by atoms with Crippen LogP contribution in [0.2, 0.25) is 0 Å². The zero-order valence-electron chi connectivity index (χ0n) is 15.2. The fraction of sp³-hybridized carbons (Fsp3) is 0.556. The van der Waals surface area contributed by atoms with Gasteiger partial charge in [-0.2, -0.15) is 0 Å². The Kier molecular flexibility index (Phi) is 7.21. The summed E-state index contributed by atoms with van der Waals surface area (Å²) in [6.07, 6.45) is 0.308. The molecule has 3 amide bonds. The quantitative estimate of drug-likeness (QED) is 0.770. The summed E-state index contributed by atoms with van der Waals surface area (Å²) in [4.78, 5) is 28.1. The smallest absolute Gasteiger partial charge is 0.317 e. The zero-order valence-corrected chi connectivity index (χ0v) is 15.2. The molecule has 1 atom stereocenters. The average Bonchev–Trinajstić information content (AvgIpc) is 2.96. The van der Waals surface area contributed by atoms with E-state index >= 15 is 0 Å². The minimum absolute atomic E-state index is 0.0227. The van der Waals surface area contributed by atoms with Crippen molar-refractivity contribution >= 4 is 17.6 Å². The number of anilines is 1. The van der Waals surface area contributed by atoms with Crippen molar-refractivity contribution in [2.75, 3.05) is 52.0 Å². The molecule has 0 saturated carbocycles. The number of aryl methyl sites for hydroxylation is 1. The predicted octanol–water partition coefficient (Wildman–Crippen LogP) is 1.40. The van der Waals surface area contributed by atoms with Gasteiger partial charge in [0, 0.05) is 46.0 Å². The molecule has 0 radical (unpaired) electrons. The van der Waals surface area contributed by atoms with Gasteiger partial charge in [-0.25, -0.2) is 4.79 Å². The minimum Gasteiger partial charge on any atom is -0.383 e. The molecular formula is C18H27N3O4. The summed E-state index contributed by atoms with van der Waals surface area (Å²) in [5.74, 6) is 0.0227. The second-order valence-electron chi connectivity index (χ2n) is 6.16. The number of carbonyl (C=O) groups is 2. The van der Waals surface area contributed by atoms with Crippen LogP contribution in [0.5, 0.6) is 0 Å². The van der Waals surface area contributed by atoms with E-state index in [1.54, 1.807) is 24.0 Å². The Bertz CT molecular complexity index is 568. The largest absolute Gasteiger partial charge is 0.383 e. The summed E-state index contributed by atoms with van der Waals surface area (Å²) < 4.78 is 10.1. The van der Waals surface area contributed by atoms with Crippen molar-refractivity contribution in [2.24, 2.45) is 0 Å².